The molecule has 2 aromatic heterocycles. The van der Waals surface area contributed by atoms with E-state index in [-0.39, 0.29) is 0 Å². The Hall–Kier alpha value is -2.82. The van der Waals surface area contributed by atoms with Gasteiger partial charge in [-0.25, -0.2) is 9.78 Å². The summed E-state index contributed by atoms with van der Waals surface area (Å²) in [7, 11) is 1.40. The highest BCUT2D eigenvalue weighted by atomic mass is 16.5. The molecule has 1 fully saturated rings. The fraction of sp³-hybridized carbons (Fsp3) is 0.417. The molecule has 0 aliphatic heterocycles. The molecule has 4 rings (SSSR count). The minimum absolute atomic E-state index is 0.343. The minimum Gasteiger partial charge on any atom is -0.464 e. The molecule has 0 spiro atoms. The summed E-state index contributed by atoms with van der Waals surface area (Å²) in [5, 5.41) is 4.61. The van der Waals surface area contributed by atoms with Crippen molar-refractivity contribution in [3.8, 4) is 0 Å². The normalized spacial score (nSPS) is 13.7. The maximum atomic E-state index is 12.3. The highest BCUT2D eigenvalue weighted by Gasteiger charge is 2.26. The van der Waals surface area contributed by atoms with Crippen LogP contribution in [-0.2, 0) is 17.8 Å². The van der Waals surface area contributed by atoms with E-state index in [0.29, 0.717) is 12.2 Å². The molecule has 0 unspecified atom stereocenters. The second kappa shape index (κ2) is 7.54. The van der Waals surface area contributed by atoms with Crippen molar-refractivity contribution < 1.29 is 9.53 Å². The van der Waals surface area contributed by atoms with Crippen LogP contribution in [0.3, 0.4) is 0 Å². The van der Waals surface area contributed by atoms with Gasteiger partial charge in [-0.2, -0.15) is 0 Å². The average molecular weight is 392 g/mol. The highest BCUT2D eigenvalue weighted by Crippen LogP contribution is 2.37. The number of rotatable bonds is 6. The number of nitrogens with one attached hydrogen (secondary N) is 1. The van der Waals surface area contributed by atoms with E-state index in [2.05, 4.69) is 60.8 Å². The molecule has 1 aliphatic rings. The number of anilines is 1. The van der Waals surface area contributed by atoms with Crippen LogP contribution in [0.5, 0.6) is 0 Å². The lowest BCUT2D eigenvalue weighted by molar-refractivity contribution is 0.0594. The fourth-order valence-corrected chi connectivity index (χ4v) is 4.08. The van der Waals surface area contributed by atoms with Crippen LogP contribution in [0.2, 0.25) is 0 Å². The topological polar surface area (TPSA) is 56.1 Å². The number of pyridine rings is 1. The third kappa shape index (κ3) is 3.61. The quantitative estimate of drug-likeness (QED) is 0.596. The number of ether oxygens (including phenoxy) is 1. The van der Waals surface area contributed by atoms with Crippen molar-refractivity contribution in [2.24, 2.45) is 5.92 Å². The van der Waals surface area contributed by atoms with Gasteiger partial charge in [0.05, 0.1) is 12.6 Å². The second-order valence-electron chi connectivity index (χ2n) is 8.23. The number of benzene rings is 1. The minimum atomic E-state index is -0.408. The first-order valence-corrected chi connectivity index (χ1v) is 10.3. The number of nitrogens with zero attached hydrogens (tertiary/aromatic N) is 2. The van der Waals surface area contributed by atoms with Crippen molar-refractivity contribution in [1.29, 1.82) is 0 Å². The summed E-state index contributed by atoms with van der Waals surface area (Å²) >= 11 is 0. The van der Waals surface area contributed by atoms with Crippen LogP contribution in [0.1, 0.15) is 51.3 Å². The molecule has 0 atom stereocenters. The molecule has 1 saturated carbocycles. The van der Waals surface area contributed by atoms with Crippen LogP contribution in [0.15, 0.2) is 24.3 Å². The van der Waals surface area contributed by atoms with Crippen molar-refractivity contribution in [2.75, 3.05) is 12.4 Å². The van der Waals surface area contributed by atoms with E-state index in [4.69, 9.17) is 4.74 Å². The van der Waals surface area contributed by atoms with Crippen LogP contribution < -0.4 is 5.32 Å². The third-order valence-corrected chi connectivity index (χ3v) is 6.22. The lowest BCUT2D eigenvalue weighted by atomic mass is 10.0. The van der Waals surface area contributed by atoms with Gasteiger partial charge in [0.1, 0.15) is 0 Å². The molecule has 1 N–H and O–H groups in total. The van der Waals surface area contributed by atoms with E-state index in [0.717, 1.165) is 29.2 Å². The number of carbonyl (C=O) groups excluding carboxylic acids is 1. The van der Waals surface area contributed by atoms with Crippen LogP contribution in [-0.4, -0.2) is 22.6 Å². The van der Waals surface area contributed by atoms with Crippen LogP contribution >= 0.6 is 0 Å². The Balaban J connectivity index is 1.83. The fourth-order valence-electron chi connectivity index (χ4n) is 4.08. The molecule has 5 heteroatoms. The molecule has 2 heterocycles. The molecule has 0 saturated heterocycles. The lowest BCUT2D eigenvalue weighted by Gasteiger charge is -2.15. The van der Waals surface area contributed by atoms with Crippen molar-refractivity contribution in [2.45, 2.75) is 53.6 Å². The summed E-state index contributed by atoms with van der Waals surface area (Å²) in [5.41, 5.74) is 7.63. The SMILES string of the molecule is COC(=O)c1cc2c(C)c(C)n(CC3CC3)c2c(NCc2c(C)cccc2C)n1. The molecule has 0 amide bonds. The van der Waals surface area contributed by atoms with E-state index in [1.54, 1.807) is 0 Å². The van der Waals surface area contributed by atoms with Gasteiger partial charge < -0.3 is 14.6 Å². The molecular weight excluding hydrogens is 362 g/mol. The maximum absolute atomic E-state index is 12.3. The largest absolute Gasteiger partial charge is 0.464 e. The monoisotopic (exact) mass is 391 g/mol. The van der Waals surface area contributed by atoms with Crippen molar-refractivity contribution in [3.05, 3.63) is 57.9 Å². The first-order chi connectivity index (χ1) is 13.9. The van der Waals surface area contributed by atoms with Gasteiger partial charge in [-0.15, -0.1) is 0 Å². The second-order valence-corrected chi connectivity index (χ2v) is 8.23. The van der Waals surface area contributed by atoms with Gasteiger partial charge in [0.2, 0.25) is 0 Å². The molecule has 1 aliphatic carbocycles. The lowest BCUT2D eigenvalue weighted by Crippen LogP contribution is -2.11. The Bertz CT molecular complexity index is 1070. The number of fused-ring (bicyclic) bond motifs is 1. The van der Waals surface area contributed by atoms with Crippen LogP contribution in [0, 0.1) is 33.6 Å². The zero-order chi connectivity index (χ0) is 20.7. The highest BCUT2D eigenvalue weighted by molar-refractivity contribution is 5.99. The molecule has 5 nitrogen and oxygen atoms in total. The summed E-state index contributed by atoms with van der Waals surface area (Å²) in [6.45, 7) is 10.2. The number of methoxy groups -OCH3 is 1. The van der Waals surface area contributed by atoms with Gasteiger partial charge >= 0.3 is 5.97 Å². The van der Waals surface area contributed by atoms with Gasteiger partial charge in [-0.05, 0) is 74.8 Å². The van der Waals surface area contributed by atoms with E-state index >= 15 is 0 Å². The molecule has 152 valence electrons. The molecule has 3 aromatic rings. The first kappa shape index (κ1) is 19.5. The molecule has 0 radical (unpaired) electrons. The predicted molar refractivity (Wildman–Crippen MR) is 117 cm³/mol. The summed E-state index contributed by atoms with van der Waals surface area (Å²) in [5.74, 6) is 1.09. The molecule has 29 heavy (non-hydrogen) atoms. The number of carbonyl (C=O) groups is 1. The number of hydrogen-bond donors (Lipinski definition) is 1. The number of hydrogen-bond acceptors (Lipinski definition) is 4. The predicted octanol–water partition coefficient (Wildman–Crippen LogP) is 5.08. The van der Waals surface area contributed by atoms with Crippen molar-refractivity contribution >= 4 is 22.7 Å². The maximum Gasteiger partial charge on any atom is 0.356 e. The van der Waals surface area contributed by atoms with E-state index in [9.17, 15) is 4.79 Å². The van der Waals surface area contributed by atoms with E-state index in [1.807, 2.05) is 6.07 Å². The first-order valence-electron chi connectivity index (χ1n) is 10.3. The molecule has 0 bridgehead atoms. The van der Waals surface area contributed by atoms with Gasteiger partial charge in [-0.1, -0.05) is 18.2 Å². The zero-order valence-corrected chi connectivity index (χ0v) is 17.9. The van der Waals surface area contributed by atoms with Gasteiger partial charge in [0.15, 0.2) is 11.5 Å². The summed E-state index contributed by atoms with van der Waals surface area (Å²) < 4.78 is 7.34. The Morgan fingerprint density at radius 3 is 2.52 bits per heavy atom. The Labute approximate surface area is 172 Å². The Morgan fingerprint density at radius 2 is 1.90 bits per heavy atom. The number of aryl methyl sites for hydroxylation is 3. The number of esters is 1. The van der Waals surface area contributed by atoms with Crippen LogP contribution in [0.4, 0.5) is 5.82 Å². The van der Waals surface area contributed by atoms with Gasteiger partial charge in [0, 0.05) is 24.2 Å². The van der Waals surface area contributed by atoms with Gasteiger partial charge in [0.25, 0.3) is 0 Å². The van der Waals surface area contributed by atoms with E-state index < -0.39 is 5.97 Å². The zero-order valence-electron chi connectivity index (χ0n) is 17.9. The van der Waals surface area contributed by atoms with Gasteiger partial charge in [-0.3, -0.25) is 0 Å². The average Bonchev–Trinajstić information content (AvgIpc) is 3.50. The Kier molecular flexibility index (Phi) is 5.07. The molecular formula is C24H29N3O2. The number of aromatic nitrogens is 2. The third-order valence-electron chi connectivity index (χ3n) is 6.22. The standard InChI is InChI=1S/C24H29N3O2/c1-14-7-6-8-15(2)20(14)12-25-23-22-19(11-21(26-23)24(28)29-5)16(3)17(4)27(22)13-18-9-10-18/h6-8,11,18H,9-10,12-13H2,1-5H3,(H,25,26). The van der Waals surface area contributed by atoms with Crippen LogP contribution in [0.25, 0.3) is 10.9 Å². The smallest absolute Gasteiger partial charge is 0.356 e. The summed E-state index contributed by atoms with van der Waals surface area (Å²) in [6, 6.07) is 8.21. The Morgan fingerprint density at radius 1 is 1.21 bits per heavy atom. The van der Waals surface area contributed by atoms with Crippen molar-refractivity contribution in [1.82, 2.24) is 9.55 Å². The summed E-state index contributed by atoms with van der Waals surface area (Å²) in [6.07, 6.45) is 2.58. The summed E-state index contributed by atoms with van der Waals surface area (Å²) in [4.78, 5) is 16.9. The van der Waals surface area contributed by atoms with E-state index in [1.165, 1.54) is 47.9 Å². The molecule has 1 aromatic carbocycles. The van der Waals surface area contributed by atoms with Crippen molar-refractivity contribution in [3.63, 3.8) is 0 Å².